The van der Waals surface area contributed by atoms with Crippen molar-refractivity contribution in [2.75, 3.05) is 40.3 Å². The van der Waals surface area contributed by atoms with Gasteiger partial charge < -0.3 is 15.1 Å². The van der Waals surface area contributed by atoms with Gasteiger partial charge in [-0.1, -0.05) is 6.92 Å². The number of halogens is 3. The molecule has 0 aromatic rings. The minimum atomic E-state index is -4.49. The summed E-state index contributed by atoms with van der Waals surface area (Å²) in [6.45, 7) is 2.70. The molecule has 0 spiro atoms. The predicted octanol–water partition coefficient (Wildman–Crippen LogP) is 0.937. The summed E-state index contributed by atoms with van der Waals surface area (Å²) < 4.78 is 40.1. The van der Waals surface area contributed by atoms with Crippen molar-refractivity contribution in [3.05, 3.63) is 0 Å². The van der Waals surface area contributed by atoms with Gasteiger partial charge in [0.1, 0.15) is 0 Å². The lowest BCUT2D eigenvalue weighted by Gasteiger charge is -2.33. The van der Waals surface area contributed by atoms with E-state index in [0.717, 1.165) is 0 Å². The van der Waals surface area contributed by atoms with Gasteiger partial charge in [-0.2, -0.15) is 13.2 Å². The van der Waals surface area contributed by atoms with Crippen LogP contribution in [0, 0.1) is 11.3 Å². The minimum absolute atomic E-state index is 0.124. The molecule has 2 heterocycles. The Labute approximate surface area is 117 Å². The number of likely N-dealkylation sites (N-methyl/N-ethyl adjacent to an activating group) is 1. The summed E-state index contributed by atoms with van der Waals surface area (Å²) >= 11 is 0. The maximum atomic E-state index is 13.4. The molecule has 1 amide bonds. The first-order valence-corrected chi connectivity index (χ1v) is 6.92. The summed E-state index contributed by atoms with van der Waals surface area (Å²) in [4.78, 5) is 15.9. The van der Waals surface area contributed by atoms with E-state index in [2.05, 4.69) is 5.32 Å². The molecule has 20 heavy (non-hydrogen) atoms. The molecule has 116 valence electrons. The Morgan fingerprint density at radius 1 is 1.35 bits per heavy atom. The second kappa shape index (κ2) is 5.18. The Morgan fingerprint density at radius 2 is 2.00 bits per heavy atom. The lowest BCUT2D eigenvalue weighted by atomic mass is 9.84. The zero-order valence-electron chi connectivity index (χ0n) is 12.1. The average Bonchev–Trinajstić information content (AvgIpc) is 2.93. The molecule has 0 aromatic carbocycles. The van der Waals surface area contributed by atoms with E-state index in [1.54, 1.807) is 0 Å². The predicted molar refractivity (Wildman–Crippen MR) is 69.2 cm³/mol. The molecule has 1 N–H and O–H groups in total. The van der Waals surface area contributed by atoms with Crippen LogP contribution < -0.4 is 5.32 Å². The van der Waals surface area contributed by atoms with Gasteiger partial charge in [-0.3, -0.25) is 4.79 Å². The van der Waals surface area contributed by atoms with Gasteiger partial charge in [-0.25, -0.2) is 0 Å². The van der Waals surface area contributed by atoms with E-state index in [1.807, 2.05) is 25.9 Å². The molecule has 0 radical (unpaired) electrons. The van der Waals surface area contributed by atoms with Crippen molar-refractivity contribution in [2.45, 2.75) is 25.6 Å². The highest BCUT2D eigenvalue weighted by molar-refractivity contribution is 5.84. The third-order valence-electron chi connectivity index (χ3n) is 4.63. The molecule has 3 atom stereocenters. The van der Waals surface area contributed by atoms with Crippen molar-refractivity contribution >= 4 is 5.91 Å². The number of nitrogens with zero attached hydrogens (tertiary/aromatic N) is 2. The second-order valence-electron chi connectivity index (χ2n) is 6.23. The van der Waals surface area contributed by atoms with Crippen molar-refractivity contribution in [2.24, 2.45) is 11.3 Å². The van der Waals surface area contributed by atoms with Gasteiger partial charge in [0.05, 0.1) is 0 Å². The number of carbonyl (C=O) groups is 1. The number of hydrogen-bond donors (Lipinski definition) is 1. The largest absolute Gasteiger partial charge is 0.404 e. The van der Waals surface area contributed by atoms with Crippen LogP contribution >= 0.6 is 0 Å². The van der Waals surface area contributed by atoms with Gasteiger partial charge in [0.2, 0.25) is 5.91 Å². The molecule has 0 aliphatic carbocycles. The summed E-state index contributed by atoms with van der Waals surface area (Å²) in [5, 5.41) is 2.69. The quantitative estimate of drug-likeness (QED) is 0.823. The summed E-state index contributed by atoms with van der Waals surface area (Å²) in [6.07, 6.45) is -4.65. The summed E-state index contributed by atoms with van der Waals surface area (Å²) in [5.74, 6) is -0.570. The Hall–Kier alpha value is -0.820. The zero-order valence-corrected chi connectivity index (χ0v) is 12.1. The minimum Gasteiger partial charge on any atom is -0.340 e. The molecule has 2 fully saturated rings. The maximum absolute atomic E-state index is 13.4. The normalized spacial score (nSPS) is 35.0. The van der Waals surface area contributed by atoms with E-state index in [9.17, 15) is 18.0 Å². The van der Waals surface area contributed by atoms with Gasteiger partial charge in [0, 0.05) is 25.7 Å². The number of hydrogen-bond acceptors (Lipinski definition) is 3. The topological polar surface area (TPSA) is 35.6 Å². The molecule has 0 bridgehead atoms. The Bertz CT molecular complexity index is 378. The van der Waals surface area contributed by atoms with E-state index < -0.39 is 17.5 Å². The van der Waals surface area contributed by atoms with E-state index in [1.165, 1.54) is 4.90 Å². The van der Waals surface area contributed by atoms with Crippen molar-refractivity contribution < 1.29 is 18.0 Å². The van der Waals surface area contributed by atoms with Gasteiger partial charge in [0.25, 0.3) is 0 Å². The van der Waals surface area contributed by atoms with Crippen LogP contribution in [0.1, 0.15) is 13.3 Å². The number of likely N-dealkylation sites (tertiary alicyclic amines) is 1. The van der Waals surface area contributed by atoms with Gasteiger partial charge in [0.15, 0.2) is 5.41 Å². The highest BCUT2D eigenvalue weighted by Crippen LogP contribution is 2.45. The van der Waals surface area contributed by atoms with Crippen LogP contribution in [0.25, 0.3) is 0 Å². The van der Waals surface area contributed by atoms with Crippen LogP contribution in [0.5, 0.6) is 0 Å². The fraction of sp³-hybridized carbons (Fsp3) is 0.923. The maximum Gasteiger partial charge on any atom is 0.404 e. The summed E-state index contributed by atoms with van der Waals surface area (Å²) in [7, 11) is 3.79. The molecule has 2 saturated heterocycles. The van der Waals surface area contributed by atoms with Crippen LogP contribution in [-0.2, 0) is 4.79 Å². The van der Waals surface area contributed by atoms with Crippen LogP contribution in [0.2, 0.25) is 0 Å². The summed E-state index contributed by atoms with van der Waals surface area (Å²) in [6, 6.07) is 0.124. The molecule has 2 rings (SSSR count). The molecule has 0 aromatic heterocycles. The van der Waals surface area contributed by atoms with Crippen molar-refractivity contribution in [1.82, 2.24) is 15.1 Å². The SMILES string of the molecule is CC1CN(C(=O)C2(C(F)(F)F)CCNC2)CC1N(C)C. The first-order valence-electron chi connectivity index (χ1n) is 6.92. The third-order valence-corrected chi connectivity index (χ3v) is 4.63. The number of alkyl halides is 3. The van der Waals surface area contributed by atoms with Crippen LogP contribution in [0.4, 0.5) is 13.2 Å². The molecule has 2 aliphatic heterocycles. The van der Waals surface area contributed by atoms with E-state index in [4.69, 9.17) is 0 Å². The van der Waals surface area contributed by atoms with Gasteiger partial charge in [-0.05, 0) is 33.0 Å². The van der Waals surface area contributed by atoms with E-state index in [-0.39, 0.29) is 31.5 Å². The van der Waals surface area contributed by atoms with Crippen LogP contribution in [0.3, 0.4) is 0 Å². The smallest absolute Gasteiger partial charge is 0.340 e. The highest BCUT2D eigenvalue weighted by Gasteiger charge is 2.63. The highest BCUT2D eigenvalue weighted by atomic mass is 19.4. The standard InChI is InChI=1S/C13H22F3N3O/c1-9-6-19(7-10(9)18(2)3)11(20)12(13(14,15)16)4-5-17-8-12/h9-10,17H,4-8H2,1-3H3. The first kappa shape index (κ1) is 15.6. The fourth-order valence-electron chi connectivity index (χ4n) is 3.33. The molecule has 2 aliphatic rings. The third kappa shape index (κ3) is 2.41. The first-order chi connectivity index (χ1) is 9.19. The Morgan fingerprint density at radius 3 is 2.40 bits per heavy atom. The Balaban J connectivity index is 2.19. The molecule has 3 unspecified atom stereocenters. The van der Waals surface area contributed by atoms with Crippen LogP contribution in [-0.4, -0.2) is 68.2 Å². The number of rotatable bonds is 2. The number of nitrogens with one attached hydrogen (secondary N) is 1. The van der Waals surface area contributed by atoms with Crippen molar-refractivity contribution in [3.8, 4) is 0 Å². The van der Waals surface area contributed by atoms with Crippen molar-refractivity contribution in [1.29, 1.82) is 0 Å². The fourth-order valence-corrected chi connectivity index (χ4v) is 3.33. The molecule has 4 nitrogen and oxygen atoms in total. The second-order valence-corrected chi connectivity index (χ2v) is 6.23. The van der Waals surface area contributed by atoms with E-state index in [0.29, 0.717) is 13.1 Å². The van der Waals surface area contributed by atoms with Gasteiger partial charge >= 0.3 is 6.18 Å². The molecule has 0 saturated carbocycles. The lowest BCUT2D eigenvalue weighted by molar-refractivity contribution is -0.221. The summed E-state index contributed by atoms with van der Waals surface area (Å²) in [5.41, 5.74) is -2.23. The average molecular weight is 293 g/mol. The van der Waals surface area contributed by atoms with Crippen molar-refractivity contribution in [3.63, 3.8) is 0 Å². The number of amides is 1. The zero-order chi connectivity index (χ0) is 15.1. The lowest BCUT2D eigenvalue weighted by Crippen LogP contribution is -2.53. The molecular weight excluding hydrogens is 271 g/mol. The Kier molecular flexibility index (Phi) is 4.03. The number of carbonyl (C=O) groups excluding carboxylic acids is 1. The van der Waals surface area contributed by atoms with Crippen LogP contribution in [0.15, 0.2) is 0 Å². The monoisotopic (exact) mass is 293 g/mol. The van der Waals surface area contributed by atoms with Gasteiger partial charge in [-0.15, -0.1) is 0 Å². The molecular formula is C13H22F3N3O. The van der Waals surface area contributed by atoms with E-state index >= 15 is 0 Å². The molecule has 7 heteroatoms.